The molecular formula is C11H17Cl2NOS. The first-order valence-electron chi connectivity index (χ1n) is 5.58. The molecule has 92 valence electrons. The van der Waals surface area contributed by atoms with Gasteiger partial charge in [0.1, 0.15) is 0 Å². The zero-order chi connectivity index (χ0) is 12.0. The maximum Gasteiger partial charge on any atom is 0.260 e. The monoisotopic (exact) mass is 281 g/mol. The number of hydrogen-bond acceptors (Lipinski definition) is 2. The van der Waals surface area contributed by atoms with Crippen LogP contribution in [0, 0.1) is 0 Å². The van der Waals surface area contributed by atoms with Crippen LogP contribution in [0.25, 0.3) is 0 Å². The normalized spacial score (nSPS) is 14.9. The predicted molar refractivity (Wildman–Crippen MR) is 72.0 cm³/mol. The molecule has 0 saturated heterocycles. The molecule has 2 nitrogen and oxygen atoms in total. The Labute approximate surface area is 110 Å². The number of halogens is 2. The first-order chi connectivity index (χ1) is 7.65. The summed E-state index contributed by atoms with van der Waals surface area (Å²) in [5, 5.41) is 1.87. The summed E-state index contributed by atoms with van der Waals surface area (Å²) in [4.78, 5) is 11.2. The van der Waals surface area contributed by atoms with E-state index in [1.807, 2.05) is 5.38 Å². The van der Waals surface area contributed by atoms with Crippen molar-refractivity contribution in [3.63, 3.8) is 0 Å². The fourth-order valence-corrected chi connectivity index (χ4v) is 2.88. The third kappa shape index (κ3) is 4.48. The number of hydrogen-bond donors (Lipinski definition) is 0. The van der Waals surface area contributed by atoms with Crippen LogP contribution in [0.15, 0.2) is 16.2 Å². The van der Waals surface area contributed by atoms with Gasteiger partial charge in [0.2, 0.25) is 0 Å². The van der Waals surface area contributed by atoms with Crippen molar-refractivity contribution in [2.24, 2.45) is 0 Å². The van der Waals surface area contributed by atoms with Crippen molar-refractivity contribution in [2.45, 2.75) is 49.9 Å². The molecule has 1 aromatic rings. The van der Waals surface area contributed by atoms with Gasteiger partial charge in [-0.2, -0.15) is 0 Å². The Morgan fingerprint density at radius 3 is 2.62 bits per heavy atom. The summed E-state index contributed by atoms with van der Waals surface area (Å²) in [7, 11) is 0. The lowest BCUT2D eigenvalue weighted by atomic mass is 10.1. The van der Waals surface area contributed by atoms with Gasteiger partial charge in [-0.25, -0.2) is 0 Å². The Balaban J connectivity index is 2.25. The molecule has 1 heterocycles. The zero-order valence-corrected chi connectivity index (χ0v) is 11.7. The average Bonchev–Trinajstić information content (AvgIpc) is 2.65. The van der Waals surface area contributed by atoms with E-state index >= 15 is 0 Å². The lowest BCUT2D eigenvalue weighted by Gasteiger charge is -2.14. The van der Waals surface area contributed by atoms with Gasteiger partial charge in [-0.3, -0.25) is 8.75 Å². The summed E-state index contributed by atoms with van der Waals surface area (Å²) in [6.45, 7) is 2.85. The van der Waals surface area contributed by atoms with Crippen molar-refractivity contribution < 1.29 is 0 Å². The van der Waals surface area contributed by atoms with Crippen LogP contribution in [-0.2, 0) is 6.54 Å². The highest BCUT2D eigenvalue weighted by Crippen LogP contribution is 2.20. The van der Waals surface area contributed by atoms with Gasteiger partial charge in [0.25, 0.3) is 5.56 Å². The largest absolute Gasteiger partial charge is 0.268 e. The van der Waals surface area contributed by atoms with E-state index in [1.54, 1.807) is 10.0 Å². The van der Waals surface area contributed by atoms with Crippen molar-refractivity contribution in [1.82, 2.24) is 3.96 Å². The van der Waals surface area contributed by atoms with Crippen LogP contribution in [0.3, 0.4) is 0 Å². The molecule has 0 aliphatic rings. The maximum atomic E-state index is 11.2. The van der Waals surface area contributed by atoms with Gasteiger partial charge in [-0.1, -0.05) is 24.9 Å². The van der Waals surface area contributed by atoms with Crippen molar-refractivity contribution in [3.8, 4) is 0 Å². The van der Waals surface area contributed by atoms with E-state index in [0.29, 0.717) is 0 Å². The first-order valence-corrected chi connectivity index (χ1v) is 7.29. The predicted octanol–water partition coefficient (Wildman–Crippen LogP) is 3.70. The summed E-state index contributed by atoms with van der Waals surface area (Å²) >= 11 is 13.7. The van der Waals surface area contributed by atoms with E-state index in [-0.39, 0.29) is 16.3 Å². The second-order valence-electron chi connectivity index (χ2n) is 3.81. The van der Waals surface area contributed by atoms with Gasteiger partial charge in [0.15, 0.2) is 0 Å². The molecular weight excluding hydrogens is 265 g/mol. The van der Waals surface area contributed by atoms with E-state index in [0.717, 1.165) is 32.2 Å². The molecule has 1 aromatic heterocycles. The minimum atomic E-state index is 0.0114. The van der Waals surface area contributed by atoms with Gasteiger partial charge in [-0.15, -0.1) is 23.2 Å². The highest BCUT2D eigenvalue weighted by molar-refractivity contribution is 7.04. The maximum absolute atomic E-state index is 11.2. The molecule has 0 N–H and O–H groups in total. The van der Waals surface area contributed by atoms with E-state index in [2.05, 4.69) is 6.92 Å². The molecule has 1 rings (SSSR count). The molecule has 2 atom stereocenters. The number of aromatic nitrogens is 1. The number of aryl methyl sites for hydroxylation is 1. The summed E-state index contributed by atoms with van der Waals surface area (Å²) in [6.07, 6.45) is 3.78. The van der Waals surface area contributed by atoms with E-state index in [9.17, 15) is 4.79 Å². The van der Waals surface area contributed by atoms with Crippen LogP contribution in [0.5, 0.6) is 0 Å². The van der Waals surface area contributed by atoms with E-state index < -0.39 is 0 Å². The minimum absolute atomic E-state index is 0.0114. The number of alkyl halides is 2. The van der Waals surface area contributed by atoms with Crippen LogP contribution >= 0.6 is 34.7 Å². The van der Waals surface area contributed by atoms with Crippen molar-refractivity contribution in [1.29, 1.82) is 0 Å². The zero-order valence-electron chi connectivity index (χ0n) is 9.36. The summed E-state index contributed by atoms with van der Waals surface area (Å²) in [6, 6.07) is 1.59. The van der Waals surface area contributed by atoms with Crippen LogP contribution in [0.4, 0.5) is 0 Å². The van der Waals surface area contributed by atoms with Gasteiger partial charge in [0.05, 0.1) is 0 Å². The molecule has 0 aliphatic heterocycles. The number of rotatable bonds is 7. The molecule has 2 unspecified atom stereocenters. The molecule has 0 bridgehead atoms. The van der Waals surface area contributed by atoms with Crippen molar-refractivity contribution in [2.75, 3.05) is 0 Å². The van der Waals surface area contributed by atoms with Crippen molar-refractivity contribution in [3.05, 3.63) is 21.8 Å². The highest BCUT2D eigenvalue weighted by atomic mass is 35.5. The Morgan fingerprint density at radius 1 is 1.38 bits per heavy atom. The topological polar surface area (TPSA) is 22.0 Å². The second-order valence-corrected chi connectivity index (χ2v) is 5.86. The third-order valence-electron chi connectivity index (χ3n) is 2.44. The SMILES string of the molecule is CCCC(Cl)C(Cl)CCCn1sccc1=O. The highest BCUT2D eigenvalue weighted by Gasteiger charge is 2.15. The average molecular weight is 282 g/mol. The Morgan fingerprint density at radius 2 is 2.06 bits per heavy atom. The fraction of sp³-hybridized carbons (Fsp3) is 0.727. The summed E-state index contributed by atoms with van der Waals surface area (Å²) in [5.74, 6) is 0. The summed E-state index contributed by atoms with van der Waals surface area (Å²) < 4.78 is 1.74. The standard InChI is InChI=1S/C11H17Cl2NOS/c1-2-4-9(12)10(13)5-3-7-14-11(15)6-8-16-14/h6,8-10H,2-5,7H2,1H3. The van der Waals surface area contributed by atoms with Crippen LogP contribution in [-0.4, -0.2) is 14.7 Å². The van der Waals surface area contributed by atoms with Gasteiger partial charge >= 0.3 is 0 Å². The molecule has 5 heteroatoms. The molecule has 0 spiro atoms. The van der Waals surface area contributed by atoms with E-state index in [4.69, 9.17) is 23.2 Å². The molecule has 0 aromatic carbocycles. The van der Waals surface area contributed by atoms with Gasteiger partial charge in [0, 0.05) is 28.7 Å². The second kappa shape index (κ2) is 7.36. The van der Waals surface area contributed by atoms with Crippen LogP contribution in [0.1, 0.15) is 32.6 Å². The molecule has 0 aliphatic carbocycles. The van der Waals surface area contributed by atoms with E-state index in [1.165, 1.54) is 11.5 Å². The van der Waals surface area contributed by atoms with Gasteiger partial charge < -0.3 is 0 Å². The Kier molecular flexibility index (Phi) is 6.47. The lowest BCUT2D eigenvalue weighted by molar-refractivity contribution is 0.579. The fourth-order valence-electron chi connectivity index (χ4n) is 1.53. The quantitative estimate of drug-likeness (QED) is 0.699. The lowest BCUT2D eigenvalue weighted by Crippen LogP contribution is -2.17. The molecule has 0 amide bonds. The minimum Gasteiger partial charge on any atom is -0.268 e. The Bertz CT molecular complexity index is 350. The van der Waals surface area contributed by atoms with Crippen LogP contribution in [0.2, 0.25) is 0 Å². The third-order valence-corrected chi connectivity index (χ3v) is 4.49. The molecule has 0 fully saturated rings. The Hall–Kier alpha value is 0.01000. The van der Waals surface area contributed by atoms with Crippen LogP contribution < -0.4 is 5.56 Å². The molecule has 16 heavy (non-hydrogen) atoms. The molecule has 0 radical (unpaired) electrons. The smallest absolute Gasteiger partial charge is 0.260 e. The number of nitrogens with zero attached hydrogens (tertiary/aromatic N) is 1. The summed E-state index contributed by atoms with van der Waals surface area (Å²) in [5.41, 5.74) is 0.0760. The molecule has 0 saturated carbocycles. The van der Waals surface area contributed by atoms with Gasteiger partial charge in [-0.05, 0) is 19.3 Å². The van der Waals surface area contributed by atoms with Crippen molar-refractivity contribution >= 4 is 34.7 Å². The first kappa shape index (κ1) is 14.1.